The van der Waals surface area contributed by atoms with Crippen molar-refractivity contribution in [1.29, 1.82) is 0 Å². The molecule has 0 fully saturated rings. The van der Waals surface area contributed by atoms with Crippen LogP contribution >= 0.6 is 0 Å². The molecule has 1 aliphatic rings. The number of aryl methyl sites for hydroxylation is 3. The largest absolute Gasteiger partial charge is 0.508 e. The fourth-order valence-corrected chi connectivity index (χ4v) is 2.71. The Bertz CT molecular complexity index is 712. The highest BCUT2D eigenvalue weighted by atomic mass is 16.5. The van der Waals surface area contributed by atoms with Crippen LogP contribution in [0.4, 0.5) is 5.82 Å². The number of nitrogens with zero attached hydrogens (tertiary/aromatic N) is 1. The zero-order chi connectivity index (χ0) is 18.2. The van der Waals surface area contributed by atoms with Crippen LogP contribution in [0.1, 0.15) is 43.5 Å². The molecule has 1 aliphatic heterocycles. The summed E-state index contributed by atoms with van der Waals surface area (Å²) in [5.41, 5.74) is 4.02. The summed E-state index contributed by atoms with van der Waals surface area (Å²) in [5.74, 6) is 1.36. The third kappa shape index (κ3) is 5.78. The van der Waals surface area contributed by atoms with Crippen LogP contribution in [0.25, 0.3) is 0 Å². The van der Waals surface area contributed by atoms with Crippen LogP contribution in [0, 0.1) is 6.92 Å². The molecule has 0 aliphatic carbocycles. The number of esters is 1. The lowest BCUT2D eigenvalue weighted by atomic mass is 10.0. The monoisotopic (exact) mass is 342 g/mol. The highest BCUT2D eigenvalue weighted by molar-refractivity contribution is 5.69. The zero-order valence-corrected chi connectivity index (χ0v) is 15.1. The van der Waals surface area contributed by atoms with E-state index in [9.17, 15) is 4.79 Å². The minimum atomic E-state index is -0.365. The first-order valence-corrected chi connectivity index (χ1v) is 8.70. The molecule has 1 aromatic carbocycles. The highest BCUT2D eigenvalue weighted by Crippen LogP contribution is 2.22. The van der Waals surface area contributed by atoms with Gasteiger partial charge >= 0.3 is 5.97 Å². The van der Waals surface area contributed by atoms with E-state index in [4.69, 9.17) is 14.8 Å². The molecular formula is C20H26N2O3. The van der Waals surface area contributed by atoms with Gasteiger partial charge in [-0.05, 0) is 61.6 Å². The molecule has 2 aromatic rings. The molecule has 5 nitrogen and oxygen atoms in total. The first kappa shape index (κ1) is 18.8. The molecule has 0 bridgehead atoms. The van der Waals surface area contributed by atoms with Gasteiger partial charge in [-0.25, -0.2) is 4.98 Å². The Labute approximate surface area is 149 Å². The van der Waals surface area contributed by atoms with Gasteiger partial charge in [-0.1, -0.05) is 19.4 Å². The lowest BCUT2D eigenvalue weighted by molar-refractivity contribution is -0.131. The van der Waals surface area contributed by atoms with Crippen LogP contribution in [-0.2, 0) is 17.6 Å². The van der Waals surface area contributed by atoms with Crippen LogP contribution in [0.2, 0.25) is 0 Å². The number of rotatable bonds is 3. The summed E-state index contributed by atoms with van der Waals surface area (Å²) in [4.78, 5) is 15.1. The summed E-state index contributed by atoms with van der Waals surface area (Å²) in [5, 5.41) is 12.2. The van der Waals surface area contributed by atoms with E-state index in [1.807, 2.05) is 0 Å². The smallest absolute Gasteiger partial charge is 0.308 e. The predicted molar refractivity (Wildman–Crippen MR) is 99.2 cm³/mol. The summed E-state index contributed by atoms with van der Waals surface area (Å²) in [7, 11) is 0. The van der Waals surface area contributed by atoms with Gasteiger partial charge in [0.15, 0.2) is 0 Å². The van der Waals surface area contributed by atoms with Gasteiger partial charge in [-0.2, -0.15) is 0 Å². The van der Waals surface area contributed by atoms with Crippen molar-refractivity contribution < 1.29 is 14.6 Å². The van der Waals surface area contributed by atoms with Crippen molar-refractivity contribution in [2.45, 2.75) is 46.5 Å². The Morgan fingerprint density at radius 3 is 2.68 bits per heavy atom. The molecule has 0 saturated carbocycles. The van der Waals surface area contributed by atoms with Gasteiger partial charge in [0.25, 0.3) is 0 Å². The molecular weight excluding hydrogens is 316 g/mol. The van der Waals surface area contributed by atoms with Crippen molar-refractivity contribution in [3.8, 4) is 11.5 Å². The van der Waals surface area contributed by atoms with Gasteiger partial charge in [0.05, 0.1) is 0 Å². The quantitative estimate of drug-likeness (QED) is 0.651. The van der Waals surface area contributed by atoms with E-state index in [0.717, 1.165) is 18.8 Å². The lowest BCUT2D eigenvalue weighted by Gasteiger charge is -2.19. The molecule has 3 rings (SSSR count). The van der Waals surface area contributed by atoms with Gasteiger partial charge in [-0.3, -0.25) is 4.79 Å². The second kappa shape index (κ2) is 9.06. The number of carbonyl (C=O) groups is 1. The zero-order valence-electron chi connectivity index (χ0n) is 15.1. The average Bonchev–Trinajstić information content (AvgIpc) is 2.58. The number of anilines is 1. The number of nitrogens with one attached hydrogen (secondary N) is 1. The van der Waals surface area contributed by atoms with Gasteiger partial charge in [0.2, 0.25) is 0 Å². The standard InChI is InChI=1S/C12H18N2.C8H8O3/c1-3-5-11-9(2)8-10-6-4-7-13-12(10)14-11;1-6(9)11-8-4-2-7(10)3-5-8/h8H,3-7H2,1-2H3,(H,13,14);2-5,10H,1H3. The number of fused-ring (bicyclic) bond motifs is 1. The van der Waals surface area contributed by atoms with Crippen LogP contribution in [0.15, 0.2) is 30.3 Å². The maximum atomic E-state index is 10.4. The molecule has 25 heavy (non-hydrogen) atoms. The molecule has 1 aromatic heterocycles. The van der Waals surface area contributed by atoms with Crippen molar-refractivity contribution in [3.63, 3.8) is 0 Å². The van der Waals surface area contributed by atoms with Crippen LogP contribution in [0.3, 0.4) is 0 Å². The number of benzene rings is 1. The summed E-state index contributed by atoms with van der Waals surface area (Å²) >= 11 is 0. The van der Waals surface area contributed by atoms with E-state index in [1.165, 1.54) is 67.3 Å². The van der Waals surface area contributed by atoms with E-state index in [2.05, 4.69) is 25.2 Å². The topological polar surface area (TPSA) is 71.5 Å². The van der Waals surface area contributed by atoms with Crippen LogP contribution < -0.4 is 10.1 Å². The van der Waals surface area contributed by atoms with E-state index in [-0.39, 0.29) is 11.7 Å². The molecule has 5 heteroatoms. The van der Waals surface area contributed by atoms with Crippen molar-refractivity contribution >= 4 is 11.8 Å². The van der Waals surface area contributed by atoms with Gasteiger partial charge in [0, 0.05) is 19.2 Å². The number of pyridine rings is 1. The Balaban J connectivity index is 0.000000186. The predicted octanol–water partition coefficient (Wildman–Crippen LogP) is 4.02. The number of phenols is 1. The number of hydrogen-bond donors (Lipinski definition) is 2. The molecule has 0 unspecified atom stereocenters. The molecule has 2 heterocycles. The number of carbonyl (C=O) groups excluding carboxylic acids is 1. The third-order valence-electron chi connectivity index (χ3n) is 3.90. The molecule has 0 spiro atoms. The fraction of sp³-hybridized carbons (Fsp3) is 0.400. The molecule has 2 N–H and O–H groups in total. The molecule has 0 saturated heterocycles. The van der Waals surface area contributed by atoms with Gasteiger partial charge in [-0.15, -0.1) is 0 Å². The first-order valence-electron chi connectivity index (χ1n) is 8.70. The number of aromatic hydroxyl groups is 1. The molecule has 0 radical (unpaired) electrons. The Hall–Kier alpha value is -2.56. The van der Waals surface area contributed by atoms with Gasteiger partial charge < -0.3 is 15.2 Å². The van der Waals surface area contributed by atoms with E-state index in [1.54, 1.807) is 0 Å². The summed E-state index contributed by atoms with van der Waals surface area (Å²) in [6, 6.07) is 8.27. The van der Waals surface area contributed by atoms with Crippen molar-refractivity contribution in [3.05, 3.63) is 47.2 Å². The summed E-state index contributed by atoms with van der Waals surface area (Å²) < 4.78 is 4.72. The summed E-state index contributed by atoms with van der Waals surface area (Å²) in [6.07, 6.45) is 4.69. The molecule has 0 atom stereocenters. The minimum absolute atomic E-state index is 0.154. The first-order chi connectivity index (χ1) is 12.0. The normalized spacial score (nSPS) is 12.3. The van der Waals surface area contributed by atoms with Gasteiger partial charge in [0.1, 0.15) is 17.3 Å². The van der Waals surface area contributed by atoms with Crippen molar-refractivity contribution in [2.24, 2.45) is 0 Å². The third-order valence-corrected chi connectivity index (χ3v) is 3.90. The minimum Gasteiger partial charge on any atom is -0.508 e. The highest BCUT2D eigenvalue weighted by Gasteiger charge is 2.12. The molecule has 134 valence electrons. The average molecular weight is 342 g/mol. The number of aromatic nitrogens is 1. The number of phenolic OH excluding ortho intramolecular Hbond substituents is 1. The second-order valence-corrected chi connectivity index (χ2v) is 6.13. The molecule has 0 amide bonds. The lowest BCUT2D eigenvalue weighted by Crippen LogP contribution is -2.14. The van der Waals surface area contributed by atoms with Crippen LogP contribution in [-0.4, -0.2) is 22.6 Å². The fourth-order valence-electron chi connectivity index (χ4n) is 2.71. The summed E-state index contributed by atoms with van der Waals surface area (Å²) in [6.45, 7) is 6.78. The van der Waals surface area contributed by atoms with Crippen molar-refractivity contribution in [1.82, 2.24) is 4.98 Å². The number of ether oxygens (including phenoxy) is 1. The van der Waals surface area contributed by atoms with E-state index < -0.39 is 0 Å². The Morgan fingerprint density at radius 1 is 1.32 bits per heavy atom. The van der Waals surface area contributed by atoms with E-state index in [0.29, 0.717) is 5.75 Å². The Morgan fingerprint density at radius 2 is 2.04 bits per heavy atom. The second-order valence-electron chi connectivity index (χ2n) is 6.13. The van der Waals surface area contributed by atoms with Crippen molar-refractivity contribution in [2.75, 3.05) is 11.9 Å². The van der Waals surface area contributed by atoms with Crippen LogP contribution in [0.5, 0.6) is 11.5 Å². The Kier molecular flexibility index (Phi) is 6.81. The SMILES string of the molecule is CC(=O)Oc1ccc(O)cc1.CCCc1nc2c(cc1C)CCCN2. The number of hydrogen-bond acceptors (Lipinski definition) is 5. The maximum Gasteiger partial charge on any atom is 0.308 e. The maximum absolute atomic E-state index is 10.4. The van der Waals surface area contributed by atoms with E-state index >= 15 is 0 Å².